The standard InChI is InChI=1S/C15H11NO2/c1-10-6-7-13(12-5-3-2-4-11(10)12)16-14(17)8-9-15(16)18/h2-9H,1H3. The van der Waals surface area contributed by atoms with Crippen LogP contribution in [0, 0.1) is 6.92 Å². The Bertz CT molecular complexity index is 683. The lowest BCUT2D eigenvalue weighted by Crippen LogP contribution is -2.29. The van der Waals surface area contributed by atoms with Gasteiger partial charge in [0.25, 0.3) is 11.8 Å². The van der Waals surface area contributed by atoms with Crippen molar-refractivity contribution in [3.63, 3.8) is 0 Å². The zero-order chi connectivity index (χ0) is 12.7. The molecule has 0 unspecified atom stereocenters. The number of amides is 2. The minimum atomic E-state index is -0.283. The van der Waals surface area contributed by atoms with Crippen LogP contribution in [0.4, 0.5) is 5.69 Å². The first-order valence-electron chi connectivity index (χ1n) is 5.73. The second kappa shape index (κ2) is 3.81. The summed E-state index contributed by atoms with van der Waals surface area (Å²) in [5, 5.41) is 1.98. The number of rotatable bonds is 1. The van der Waals surface area contributed by atoms with Crippen LogP contribution in [0.3, 0.4) is 0 Å². The van der Waals surface area contributed by atoms with Crippen molar-refractivity contribution in [1.29, 1.82) is 0 Å². The summed E-state index contributed by atoms with van der Waals surface area (Å²) in [6.07, 6.45) is 2.61. The van der Waals surface area contributed by atoms with E-state index in [0.717, 1.165) is 16.3 Å². The predicted molar refractivity (Wildman–Crippen MR) is 70.3 cm³/mol. The van der Waals surface area contributed by atoms with Crippen molar-refractivity contribution in [2.24, 2.45) is 0 Å². The number of aryl methyl sites for hydroxylation is 1. The van der Waals surface area contributed by atoms with Crippen molar-refractivity contribution in [3.8, 4) is 0 Å². The monoisotopic (exact) mass is 237 g/mol. The summed E-state index contributed by atoms with van der Waals surface area (Å²) in [6.45, 7) is 2.01. The SMILES string of the molecule is Cc1ccc(N2C(=O)C=CC2=O)c2ccccc12. The quantitative estimate of drug-likeness (QED) is 0.715. The molecule has 0 fully saturated rings. The molecule has 3 heteroatoms. The summed E-state index contributed by atoms with van der Waals surface area (Å²) < 4.78 is 0. The molecule has 0 saturated carbocycles. The molecule has 0 aliphatic carbocycles. The van der Waals surface area contributed by atoms with Crippen molar-refractivity contribution in [2.75, 3.05) is 4.90 Å². The molecule has 0 bridgehead atoms. The van der Waals surface area contributed by atoms with Gasteiger partial charge in [0.2, 0.25) is 0 Å². The maximum Gasteiger partial charge on any atom is 0.258 e. The summed E-state index contributed by atoms with van der Waals surface area (Å²) in [5.74, 6) is -0.567. The Morgan fingerprint density at radius 3 is 2.11 bits per heavy atom. The molecule has 2 aromatic rings. The fraction of sp³-hybridized carbons (Fsp3) is 0.0667. The van der Waals surface area contributed by atoms with E-state index in [0.29, 0.717) is 5.69 Å². The maximum absolute atomic E-state index is 11.7. The summed E-state index contributed by atoms with van der Waals surface area (Å²) >= 11 is 0. The van der Waals surface area contributed by atoms with Crippen LogP contribution in [0.5, 0.6) is 0 Å². The van der Waals surface area contributed by atoms with Gasteiger partial charge in [-0.2, -0.15) is 0 Å². The van der Waals surface area contributed by atoms with E-state index in [1.807, 2.05) is 43.3 Å². The van der Waals surface area contributed by atoms with E-state index in [2.05, 4.69) is 0 Å². The van der Waals surface area contributed by atoms with Crippen molar-refractivity contribution in [2.45, 2.75) is 6.92 Å². The second-order valence-electron chi connectivity index (χ2n) is 4.29. The van der Waals surface area contributed by atoms with Gasteiger partial charge in [-0.3, -0.25) is 9.59 Å². The number of carbonyl (C=O) groups excluding carboxylic acids is 2. The third-order valence-electron chi connectivity index (χ3n) is 3.17. The fourth-order valence-corrected chi connectivity index (χ4v) is 2.27. The largest absolute Gasteiger partial charge is 0.269 e. The zero-order valence-corrected chi connectivity index (χ0v) is 9.88. The lowest BCUT2D eigenvalue weighted by atomic mass is 10.0. The van der Waals surface area contributed by atoms with Crippen LogP contribution < -0.4 is 4.90 Å². The van der Waals surface area contributed by atoms with Crippen LogP contribution in [0.25, 0.3) is 10.8 Å². The molecule has 3 rings (SSSR count). The van der Waals surface area contributed by atoms with Crippen LogP contribution in [-0.4, -0.2) is 11.8 Å². The third-order valence-corrected chi connectivity index (χ3v) is 3.17. The zero-order valence-electron chi connectivity index (χ0n) is 9.88. The van der Waals surface area contributed by atoms with Gasteiger partial charge in [-0.05, 0) is 23.9 Å². The Morgan fingerprint density at radius 2 is 1.44 bits per heavy atom. The van der Waals surface area contributed by atoms with Gasteiger partial charge >= 0.3 is 0 Å². The Balaban J connectivity index is 2.28. The number of nitrogens with zero attached hydrogens (tertiary/aromatic N) is 1. The number of fused-ring (bicyclic) bond motifs is 1. The lowest BCUT2D eigenvalue weighted by Gasteiger charge is -2.17. The number of benzene rings is 2. The van der Waals surface area contributed by atoms with Crippen LogP contribution in [0.1, 0.15) is 5.56 Å². The molecule has 88 valence electrons. The highest BCUT2D eigenvalue weighted by atomic mass is 16.2. The number of hydrogen-bond acceptors (Lipinski definition) is 2. The van der Waals surface area contributed by atoms with Gasteiger partial charge in [-0.25, -0.2) is 4.90 Å². The molecule has 0 atom stereocenters. The molecular formula is C15H11NO2. The van der Waals surface area contributed by atoms with Crippen molar-refractivity contribution < 1.29 is 9.59 Å². The van der Waals surface area contributed by atoms with Gasteiger partial charge in [0.05, 0.1) is 5.69 Å². The molecule has 0 N–H and O–H groups in total. The first-order valence-corrected chi connectivity index (χ1v) is 5.73. The first-order chi connectivity index (χ1) is 8.68. The molecular weight excluding hydrogens is 226 g/mol. The van der Waals surface area contributed by atoms with E-state index < -0.39 is 0 Å². The summed E-state index contributed by atoms with van der Waals surface area (Å²) in [4.78, 5) is 24.7. The molecule has 1 heterocycles. The first kappa shape index (κ1) is 10.7. The van der Waals surface area contributed by atoms with Gasteiger partial charge in [0.1, 0.15) is 0 Å². The topological polar surface area (TPSA) is 37.4 Å². The van der Waals surface area contributed by atoms with E-state index in [1.54, 1.807) is 0 Å². The van der Waals surface area contributed by atoms with Crippen LogP contribution >= 0.6 is 0 Å². The highest BCUT2D eigenvalue weighted by molar-refractivity contribution is 6.30. The van der Waals surface area contributed by atoms with Gasteiger partial charge in [0, 0.05) is 17.5 Å². The molecule has 1 aliphatic rings. The molecule has 2 amide bonds. The Morgan fingerprint density at radius 1 is 0.833 bits per heavy atom. The van der Waals surface area contributed by atoms with Gasteiger partial charge in [-0.15, -0.1) is 0 Å². The maximum atomic E-state index is 11.7. The normalized spacial score (nSPS) is 14.8. The van der Waals surface area contributed by atoms with E-state index in [-0.39, 0.29) is 11.8 Å². The highest BCUT2D eigenvalue weighted by Crippen LogP contribution is 2.30. The molecule has 18 heavy (non-hydrogen) atoms. The molecule has 3 nitrogen and oxygen atoms in total. The highest BCUT2D eigenvalue weighted by Gasteiger charge is 2.26. The molecule has 0 saturated heterocycles. The third kappa shape index (κ3) is 1.44. The number of carbonyl (C=O) groups is 2. The van der Waals surface area contributed by atoms with E-state index in [4.69, 9.17) is 0 Å². The average molecular weight is 237 g/mol. The smallest absolute Gasteiger partial charge is 0.258 e. The van der Waals surface area contributed by atoms with Crippen LogP contribution in [-0.2, 0) is 9.59 Å². The predicted octanol–water partition coefficient (Wildman–Crippen LogP) is 2.58. The van der Waals surface area contributed by atoms with E-state index in [1.165, 1.54) is 17.1 Å². The minimum Gasteiger partial charge on any atom is -0.269 e. The molecule has 0 radical (unpaired) electrons. The van der Waals surface area contributed by atoms with E-state index >= 15 is 0 Å². The molecule has 2 aromatic carbocycles. The Hall–Kier alpha value is -2.42. The van der Waals surface area contributed by atoms with Crippen molar-refractivity contribution in [1.82, 2.24) is 0 Å². The number of anilines is 1. The average Bonchev–Trinajstić information content (AvgIpc) is 2.71. The fourth-order valence-electron chi connectivity index (χ4n) is 2.27. The summed E-state index contributed by atoms with van der Waals surface area (Å²) in [7, 11) is 0. The van der Waals surface area contributed by atoms with Crippen LogP contribution in [0.2, 0.25) is 0 Å². The number of imide groups is 1. The van der Waals surface area contributed by atoms with Crippen molar-refractivity contribution >= 4 is 28.3 Å². The number of hydrogen-bond donors (Lipinski definition) is 0. The summed E-state index contributed by atoms with van der Waals surface area (Å²) in [6, 6.07) is 11.5. The summed E-state index contributed by atoms with van der Waals surface area (Å²) in [5.41, 5.74) is 1.78. The van der Waals surface area contributed by atoms with Gasteiger partial charge in [-0.1, -0.05) is 30.3 Å². The lowest BCUT2D eigenvalue weighted by molar-refractivity contribution is -0.119. The van der Waals surface area contributed by atoms with Crippen LogP contribution in [0.15, 0.2) is 48.6 Å². The molecule has 0 spiro atoms. The Labute approximate surface area is 104 Å². The van der Waals surface area contributed by atoms with E-state index in [9.17, 15) is 9.59 Å². The Kier molecular flexibility index (Phi) is 2.27. The van der Waals surface area contributed by atoms with Crippen molar-refractivity contribution in [3.05, 3.63) is 54.1 Å². The van der Waals surface area contributed by atoms with Gasteiger partial charge < -0.3 is 0 Å². The molecule has 0 aromatic heterocycles. The van der Waals surface area contributed by atoms with Gasteiger partial charge in [0.15, 0.2) is 0 Å². The minimum absolute atomic E-state index is 0.283. The second-order valence-corrected chi connectivity index (χ2v) is 4.29. The molecule has 1 aliphatic heterocycles.